The molecule has 8 amide bonds. The Morgan fingerprint density at radius 1 is 0.920 bits per heavy atom. The molecule has 0 unspecified atom stereocenters. The minimum absolute atomic E-state index is 0.0233. The van der Waals surface area contributed by atoms with Crippen LogP contribution in [0.2, 0.25) is 0 Å². The third-order valence-corrected chi connectivity index (χ3v) is 14.1. The number of halogens is 1. The molecule has 23 heteroatoms. The largest absolute Gasteiger partial charge is 0.458 e. The highest BCUT2D eigenvalue weighted by Crippen LogP contribution is 2.47. The number of unbranched alkanes of at least 4 members (excludes halogenated alkanes) is 2. The molecule has 2 aromatic carbocycles. The van der Waals surface area contributed by atoms with Gasteiger partial charge in [-0.3, -0.25) is 48.1 Å². The Morgan fingerprint density at radius 2 is 1.63 bits per heavy atom. The maximum Gasteiger partial charge on any atom is 0.343 e. The molecule has 0 spiro atoms. The lowest BCUT2D eigenvalue weighted by atomic mass is 9.80. The van der Waals surface area contributed by atoms with Gasteiger partial charge in [-0.1, -0.05) is 43.7 Å². The highest BCUT2D eigenvalue weighted by Gasteiger charge is 2.46. The monoisotopic (exact) mass is 1030 g/mol. The lowest BCUT2D eigenvalue weighted by Gasteiger charge is -2.38. The van der Waals surface area contributed by atoms with Crippen LogP contribution in [0, 0.1) is 12.7 Å². The summed E-state index contributed by atoms with van der Waals surface area (Å²) in [5, 5.41) is 31.6. The second kappa shape index (κ2) is 22.1. The van der Waals surface area contributed by atoms with Gasteiger partial charge in [-0.05, 0) is 67.3 Å². The van der Waals surface area contributed by atoms with E-state index in [9.17, 15) is 53.4 Å². The molecule has 8 rings (SSSR count). The van der Waals surface area contributed by atoms with Crippen molar-refractivity contribution in [3.63, 3.8) is 0 Å². The van der Waals surface area contributed by atoms with Gasteiger partial charge in [0.15, 0.2) is 5.60 Å². The number of carbonyl (C=O) groups excluding carboxylic acids is 9. The molecule has 8 N–H and O–H groups in total. The number of rotatable bonds is 21. The van der Waals surface area contributed by atoms with Gasteiger partial charge < -0.3 is 51.4 Å². The van der Waals surface area contributed by atoms with Crippen molar-refractivity contribution >= 4 is 64.1 Å². The number of pyridine rings is 2. The van der Waals surface area contributed by atoms with Crippen LogP contribution in [0.15, 0.2) is 59.4 Å². The normalized spacial score (nSPS) is 17.9. The number of aryl methyl sites for hydroxylation is 1. The van der Waals surface area contributed by atoms with Gasteiger partial charge in [0.1, 0.15) is 24.5 Å². The number of nitrogens with two attached hydrogens (primary N) is 1. The number of carbonyl (C=O) groups is 9. The number of hydrogen-bond acceptors (Lipinski definition) is 14. The van der Waals surface area contributed by atoms with Crippen molar-refractivity contribution in [3.05, 3.63) is 110 Å². The second-order valence-corrected chi connectivity index (χ2v) is 18.9. The average molecular weight is 1030 g/mol. The van der Waals surface area contributed by atoms with Gasteiger partial charge in [0.25, 0.3) is 17.4 Å². The molecule has 75 heavy (non-hydrogen) atoms. The van der Waals surface area contributed by atoms with Crippen LogP contribution in [0.25, 0.3) is 22.3 Å². The van der Waals surface area contributed by atoms with E-state index in [2.05, 4.69) is 21.3 Å². The quantitative estimate of drug-likeness (QED) is 0.0283. The summed E-state index contributed by atoms with van der Waals surface area (Å²) in [6.45, 7) is 0.125. The first-order valence-corrected chi connectivity index (χ1v) is 24.6. The Balaban J connectivity index is 0.984. The molecule has 0 bridgehead atoms. The lowest BCUT2D eigenvalue weighted by molar-refractivity contribution is -0.172. The number of aliphatic hydroxyl groups is 2. The van der Waals surface area contributed by atoms with E-state index in [1.165, 1.54) is 33.8 Å². The lowest BCUT2D eigenvalue weighted by Crippen LogP contribution is -2.55. The molecule has 0 radical (unpaired) electrons. The van der Waals surface area contributed by atoms with E-state index in [4.69, 9.17) is 15.5 Å². The number of hydrogen-bond donors (Lipinski definition) is 7. The number of imide groups is 1. The zero-order valence-electron chi connectivity index (χ0n) is 41.2. The number of benzene rings is 2. The molecule has 22 nitrogen and oxygen atoms in total. The van der Waals surface area contributed by atoms with Crippen molar-refractivity contribution in [2.45, 2.75) is 102 Å². The first kappa shape index (κ1) is 53.1. The molecule has 4 atom stereocenters. The molecule has 5 heterocycles. The molecule has 0 saturated carbocycles. The maximum absolute atomic E-state index is 15.7. The van der Waals surface area contributed by atoms with Crippen molar-refractivity contribution in [1.82, 2.24) is 40.6 Å². The SMILES string of the molecule is CC[C@@]1(O)C(=O)OCc2c1cc1n(c2=O)Cc2c-1nc1cc(F)c(C)c3c1c2[C@@H](N(CC(N)=O)C(=O)[C@H](Cc1ccccc1)NC(=O)CNC(=O)CNC(=O)[C@H](CO)NC(=O)CCCCCN1C(=O)C=CC1=O)CC3. The van der Waals surface area contributed by atoms with Crippen LogP contribution >= 0.6 is 0 Å². The number of amides is 8. The summed E-state index contributed by atoms with van der Waals surface area (Å²) in [5.41, 5.74) is 6.45. The fourth-order valence-electron chi connectivity index (χ4n) is 10.2. The highest BCUT2D eigenvalue weighted by molar-refractivity contribution is 6.12. The van der Waals surface area contributed by atoms with Gasteiger partial charge in [-0.2, -0.15) is 0 Å². The number of primary amides is 1. The molecular weight excluding hydrogens is 978 g/mol. The van der Waals surface area contributed by atoms with E-state index in [0.29, 0.717) is 52.5 Å². The summed E-state index contributed by atoms with van der Waals surface area (Å²) < 4.78 is 22.4. The van der Waals surface area contributed by atoms with Crippen LogP contribution in [0.5, 0.6) is 0 Å². The van der Waals surface area contributed by atoms with Gasteiger partial charge in [-0.25, -0.2) is 14.2 Å². The Kier molecular flexibility index (Phi) is 15.7. The van der Waals surface area contributed by atoms with Crippen LogP contribution in [0.4, 0.5) is 4.39 Å². The average Bonchev–Trinajstić information content (AvgIpc) is 3.93. The van der Waals surface area contributed by atoms with Gasteiger partial charge in [0, 0.05) is 54.1 Å². The summed E-state index contributed by atoms with van der Waals surface area (Å²) >= 11 is 0. The summed E-state index contributed by atoms with van der Waals surface area (Å²) in [5.74, 6) is -7.04. The van der Waals surface area contributed by atoms with Crippen LogP contribution in [-0.2, 0) is 79.5 Å². The predicted molar refractivity (Wildman–Crippen MR) is 263 cm³/mol. The van der Waals surface area contributed by atoms with E-state index in [1.807, 2.05) is 0 Å². The van der Waals surface area contributed by atoms with E-state index in [1.54, 1.807) is 44.2 Å². The second-order valence-electron chi connectivity index (χ2n) is 18.9. The molecule has 4 aromatic rings. The number of fused-ring (bicyclic) bond motifs is 5. The molecule has 0 fully saturated rings. The number of aliphatic hydroxyl groups excluding tert-OH is 1. The molecule has 1 aliphatic carbocycles. The number of aromatic nitrogens is 2. The Hall–Kier alpha value is -8.18. The predicted octanol–water partition coefficient (Wildman–Crippen LogP) is -0.249. The first-order chi connectivity index (χ1) is 35.8. The zero-order valence-corrected chi connectivity index (χ0v) is 41.2. The summed E-state index contributed by atoms with van der Waals surface area (Å²) in [4.78, 5) is 138. The number of cyclic esters (lactones) is 1. The van der Waals surface area contributed by atoms with Crippen LogP contribution < -0.4 is 32.6 Å². The van der Waals surface area contributed by atoms with E-state index < -0.39 is 115 Å². The number of esters is 1. The fourth-order valence-corrected chi connectivity index (χ4v) is 10.2. The van der Waals surface area contributed by atoms with Gasteiger partial charge >= 0.3 is 5.97 Å². The standard InChI is InChI=1S/C52H56FN9O13/c1-3-52(74)32-19-38-47-30(23-61(38)49(71)31(32)26-75-51(52)73)46-37(14-13-29-27(2)33(53)20-34(59-47)45(29)46)62(24-39(54)64)50(72)35(18-28-10-6-4-7-11-28)57-42(67)22-55-41(66)21-56-48(70)36(25-63)58-40(65)12-8-5-9-17-60-43(68)15-16-44(60)69/h4,6-7,10-11,15-16,19-20,35-37,63,74H,3,5,8-9,12-14,17-18,21-26H2,1-2H3,(H2,54,64)(H,55,66)(H,56,70)(H,57,67)(H,58,65)/t35-,36-,37-,52-/m0/s1. The van der Waals surface area contributed by atoms with Gasteiger partial charge in [-0.15, -0.1) is 0 Å². The minimum atomic E-state index is -2.13. The zero-order chi connectivity index (χ0) is 53.9. The number of nitrogens with one attached hydrogen (secondary N) is 4. The van der Waals surface area contributed by atoms with Crippen molar-refractivity contribution in [1.29, 1.82) is 0 Å². The van der Waals surface area contributed by atoms with Crippen molar-refractivity contribution < 1.29 is 62.5 Å². The third-order valence-electron chi connectivity index (χ3n) is 14.1. The van der Waals surface area contributed by atoms with Crippen molar-refractivity contribution in [2.24, 2.45) is 5.73 Å². The number of ether oxygens (including phenoxy) is 1. The number of nitrogens with zero attached hydrogens (tertiary/aromatic N) is 4. The highest BCUT2D eigenvalue weighted by atomic mass is 19.1. The van der Waals surface area contributed by atoms with Crippen LogP contribution in [0.1, 0.15) is 90.4 Å². The fraction of sp³-hybridized carbons (Fsp3) is 0.404. The molecule has 394 valence electrons. The maximum atomic E-state index is 15.7. The molecular formula is C52H56FN9O13. The van der Waals surface area contributed by atoms with Crippen molar-refractivity contribution in [2.75, 3.05) is 32.8 Å². The molecule has 4 aliphatic rings. The van der Waals surface area contributed by atoms with E-state index >= 15 is 9.18 Å². The van der Waals surface area contributed by atoms with Crippen LogP contribution in [0.3, 0.4) is 0 Å². The Bertz CT molecular complexity index is 3120. The molecule has 0 saturated heterocycles. The summed E-state index contributed by atoms with van der Waals surface area (Å²) in [6.07, 6.45) is 3.81. The topological polar surface area (TPSA) is 319 Å². The summed E-state index contributed by atoms with van der Waals surface area (Å²) in [6, 6.07) is 7.66. The minimum Gasteiger partial charge on any atom is -0.458 e. The van der Waals surface area contributed by atoms with E-state index in [0.717, 1.165) is 4.90 Å². The van der Waals surface area contributed by atoms with Crippen molar-refractivity contribution in [3.8, 4) is 11.4 Å². The Labute approximate surface area is 427 Å². The van der Waals surface area contributed by atoms with Gasteiger partial charge in [0.2, 0.25) is 35.4 Å². The first-order valence-electron chi connectivity index (χ1n) is 24.6. The molecule has 2 aromatic heterocycles. The van der Waals surface area contributed by atoms with Gasteiger partial charge in [0.05, 0.1) is 61.3 Å². The third kappa shape index (κ3) is 10.8. The molecule has 3 aliphatic heterocycles. The van der Waals surface area contributed by atoms with E-state index in [-0.39, 0.29) is 79.8 Å². The summed E-state index contributed by atoms with van der Waals surface area (Å²) in [7, 11) is 0. The smallest absolute Gasteiger partial charge is 0.343 e. The Morgan fingerprint density at radius 3 is 2.32 bits per heavy atom. The van der Waals surface area contributed by atoms with Crippen LogP contribution in [-0.4, -0.2) is 128 Å².